The topological polar surface area (TPSA) is 210 Å². The molecule has 1 fully saturated rings. The summed E-state index contributed by atoms with van der Waals surface area (Å²) in [4.78, 5) is 35.7. The quantitative estimate of drug-likeness (QED) is 0.0149. The van der Waals surface area contributed by atoms with Crippen LogP contribution in [0.4, 0.5) is 0 Å². The number of ether oxygens (including phenoxy) is 2. The van der Waals surface area contributed by atoms with Crippen LogP contribution >= 0.6 is 7.82 Å². The Bertz CT molecular complexity index is 1130. The Morgan fingerprint density at radius 2 is 0.915 bits per heavy atom. The fourth-order valence-electron chi connectivity index (χ4n) is 7.02. The van der Waals surface area contributed by atoms with E-state index in [1.165, 1.54) is 109 Å². The average Bonchev–Trinajstić information content (AvgIpc) is 3.21. The Balaban J connectivity index is 2.48. The zero-order chi connectivity index (χ0) is 43.6. The highest BCUT2D eigenvalue weighted by Gasteiger charge is 2.51. The average molecular weight is 863 g/mol. The zero-order valence-electron chi connectivity index (χ0n) is 36.6. The van der Waals surface area contributed by atoms with Crippen LogP contribution < -0.4 is 0 Å². The molecule has 13 nitrogen and oxygen atoms in total. The number of carbonyl (C=O) groups excluding carboxylic acids is 2. The summed E-state index contributed by atoms with van der Waals surface area (Å²) in [5.41, 5.74) is 0. The Hall–Kier alpha value is -1.67. The standard InChI is InChI=1S/C45H83O13P/c1-3-5-7-9-11-13-15-17-19-21-23-25-27-29-31-33-38(46)55-35-37(36-56-59(53,54)58-45-43(51)41(49)40(48)42(50)44(45)52)57-39(47)34-32-30-28-26-24-22-20-18-16-14-12-10-8-6-4-2/h18,20,24,26,37,40-45,48-52H,3-17,19,21-23,25,27-36H2,1-2H3,(H,53,54)/b20-18+,26-24+/t37-,40?,41-,42?,43?,44?,45?/m1/s1. The maximum atomic E-state index is 12.8. The summed E-state index contributed by atoms with van der Waals surface area (Å²) in [7, 11) is -5.12. The van der Waals surface area contributed by atoms with Gasteiger partial charge in [0, 0.05) is 12.8 Å². The zero-order valence-corrected chi connectivity index (χ0v) is 37.4. The Morgan fingerprint density at radius 3 is 1.41 bits per heavy atom. The number of rotatable bonds is 38. The van der Waals surface area contributed by atoms with Crippen molar-refractivity contribution >= 4 is 19.8 Å². The normalized spacial score (nSPS) is 22.5. The van der Waals surface area contributed by atoms with Crippen molar-refractivity contribution in [1.82, 2.24) is 0 Å². The van der Waals surface area contributed by atoms with Crippen LogP contribution in [-0.2, 0) is 32.7 Å². The van der Waals surface area contributed by atoms with Crippen molar-refractivity contribution in [2.75, 3.05) is 13.2 Å². The number of aliphatic hydroxyl groups is 5. The van der Waals surface area contributed by atoms with E-state index < -0.39 is 75.7 Å². The van der Waals surface area contributed by atoms with Crippen molar-refractivity contribution in [3.63, 3.8) is 0 Å². The van der Waals surface area contributed by atoms with Gasteiger partial charge in [-0.2, -0.15) is 0 Å². The molecule has 14 heteroatoms. The van der Waals surface area contributed by atoms with E-state index >= 15 is 0 Å². The highest BCUT2D eigenvalue weighted by molar-refractivity contribution is 7.47. The number of carbonyl (C=O) groups is 2. The molecule has 0 aromatic heterocycles. The minimum absolute atomic E-state index is 0.0570. The molecule has 0 heterocycles. The van der Waals surface area contributed by atoms with E-state index in [0.29, 0.717) is 12.8 Å². The lowest BCUT2D eigenvalue weighted by Gasteiger charge is -2.41. The van der Waals surface area contributed by atoms with Gasteiger partial charge in [-0.1, -0.05) is 160 Å². The van der Waals surface area contributed by atoms with Gasteiger partial charge < -0.3 is 39.9 Å². The van der Waals surface area contributed by atoms with Gasteiger partial charge in [-0.25, -0.2) is 4.57 Å². The van der Waals surface area contributed by atoms with Crippen LogP contribution in [-0.4, -0.2) is 98.3 Å². The third-order valence-electron chi connectivity index (χ3n) is 10.8. The second-order valence-corrected chi connectivity index (χ2v) is 17.7. The molecule has 6 unspecified atom stereocenters. The van der Waals surface area contributed by atoms with E-state index in [-0.39, 0.29) is 12.8 Å². The Morgan fingerprint density at radius 1 is 0.525 bits per heavy atom. The number of allylic oxidation sites excluding steroid dienone is 4. The molecule has 0 spiro atoms. The van der Waals surface area contributed by atoms with E-state index in [1.54, 1.807) is 0 Å². The smallest absolute Gasteiger partial charge is 0.462 e. The molecule has 0 aromatic carbocycles. The summed E-state index contributed by atoms with van der Waals surface area (Å²) < 4.78 is 33.5. The maximum absolute atomic E-state index is 12.8. The molecule has 0 radical (unpaired) electrons. The first-order valence-corrected chi connectivity index (χ1v) is 24.6. The van der Waals surface area contributed by atoms with Crippen molar-refractivity contribution in [3.05, 3.63) is 24.3 Å². The first-order chi connectivity index (χ1) is 28.4. The molecule has 0 aliphatic heterocycles. The van der Waals surface area contributed by atoms with E-state index in [0.717, 1.165) is 44.9 Å². The number of esters is 2. The Labute approximate surface area is 356 Å². The van der Waals surface area contributed by atoms with E-state index in [1.807, 2.05) is 0 Å². The van der Waals surface area contributed by atoms with Gasteiger partial charge in [-0.05, 0) is 44.9 Å². The van der Waals surface area contributed by atoms with Crippen molar-refractivity contribution in [2.45, 2.75) is 236 Å². The summed E-state index contributed by atoms with van der Waals surface area (Å²) in [6.07, 6.45) is 25.2. The molecular weight excluding hydrogens is 779 g/mol. The summed E-state index contributed by atoms with van der Waals surface area (Å²) in [5.74, 6) is -1.13. The number of phosphoric acid groups is 1. The van der Waals surface area contributed by atoms with Crippen LogP contribution in [0.25, 0.3) is 0 Å². The third kappa shape index (κ3) is 28.5. The van der Waals surface area contributed by atoms with Gasteiger partial charge in [0.05, 0.1) is 6.61 Å². The molecule has 1 saturated carbocycles. The second-order valence-electron chi connectivity index (χ2n) is 16.3. The van der Waals surface area contributed by atoms with Crippen LogP contribution in [0.1, 0.15) is 194 Å². The first-order valence-electron chi connectivity index (χ1n) is 23.1. The molecule has 1 aliphatic rings. The lowest BCUT2D eigenvalue weighted by atomic mass is 9.85. The SMILES string of the molecule is CCCCCCCC/C=C/C/C=C/CCCCC(=O)O[C@H](COC(=O)CCCCCCCCCCCCCCCCC)COP(=O)(O)OC1C(O)C(O)C(O)[C@@H](O)C1O. The van der Waals surface area contributed by atoms with Gasteiger partial charge in [0.2, 0.25) is 0 Å². The predicted octanol–water partition coefficient (Wildman–Crippen LogP) is 8.84. The van der Waals surface area contributed by atoms with E-state index in [4.69, 9.17) is 18.5 Å². The van der Waals surface area contributed by atoms with Gasteiger partial charge in [0.15, 0.2) is 6.10 Å². The fraction of sp³-hybridized carbons (Fsp3) is 0.867. The number of hydrogen-bond acceptors (Lipinski definition) is 12. The van der Waals surface area contributed by atoms with Gasteiger partial charge in [-0.3, -0.25) is 18.6 Å². The summed E-state index contributed by atoms with van der Waals surface area (Å²) in [5, 5.41) is 50.1. The van der Waals surface area contributed by atoms with Crippen molar-refractivity contribution in [3.8, 4) is 0 Å². The summed E-state index contributed by atoms with van der Waals surface area (Å²) in [6, 6.07) is 0. The number of hydrogen-bond donors (Lipinski definition) is 6. The number of aliphatic hydroxyl groups excluding tert-OH is 5. The van der Waals surface area contributed by atoms with Crippen LogP contribution in [0.15, 0.2) is 24.3 Å². The third-order valence-corrected chi connectivity index (χ3v) is 11.8. The molecule has 59 heavy (non-hydrogen) atoms. The lowest BCUT2D eigenvalue weighted by Crippen LogP contribution is -2.64. The Kier molecular flexibility index (Phi) is 33.7. The monoisotopic (exact) mass is 863 g/mol. The number of phosphoric ester groups is 1. The molecule has 346 valence electrons. The number of unbranched alkanes of at least 4 members (excludes halogenated alkanes) is 22. The molecule has 0 amide bonds. The van der Waals surface area contributed by atoms with Crippen molar-refractivity contribution in [2.24, 2.45) is 0 Å². The molecular formula is C45H83O13P. The van der Waals surface area contributed by atoms with Gasteiger partial charge in [0.1, 0.15) is 43.2 Å². The van der Waals surface area contributed by atoms with E-state index in [2.05, 4.69) is 38.2 Å². The molecule has 1 aliphatic carbocycles. The lowest BCUT2D eigenvalue weighted by molar-refractivity contribution is -0.220. The largest absolute Gasteiger partial charge is 0.472 e. The van der Waals surface area contributed by atoms with Gasteiger partial charge in [-0.15, -0.1) is 0 Å². The fourth-order valence-corrected chi connectivity index (χ4v) is 8.00. The maximum Gasteiger partial charge on any atom is 0.472 e. The van der Waals surface area contributed by atoms with Crippen molar-refractivity contribution in [1.29, 1.82) is 0 Å². The van der Waals surface area contributed by atoms with Crippen molar-refractivity contribution < 1.29 is 63.1 Å². The molecule has 8 atom stereocenters. The highest BCUT2D eigenvalue weighted by Crippen LogP contribution is 2.47. The van der Waals surface area contributed by atoms with Gasteiger partial charge in [0.25, 0.3) is 0 Å². The predicted molar refractivity (Wildman–Crippen MR) is 230 cm³/mol. The second kappa shape index (κ2) is 35.9. The van der Waals surface area contributed by atoms with Crippen LogP contribution in [0, 0.1) is 0 Å². The molecule has 0 bridgehead atoms. The van der Waals surface area contributed by atoms with Crippen LogP contribution in [0.3, 0.4) is 0 Å². The first kappa shape index (κ1) is 55.3. The van der Waals surface area contributed by atoms with Gasteiger partial charge >= 0.3 is 19.8 Å². The minimum Gasteiger partial charge on any atom is -0.462 e. The molecule has 6 N–H and O–H groups in total. The van der Waals surface area contributed by atoms with E-state index in [9.17, 15) is 44.6 Å². The highest BCUT2D eigenvalue weighted by atomic mass is 31.2. The molecule has 0 aromatic rings. The summed E-state index contributed by atoms with van der Waals surface area (Å²) in [6.45, 7) is 3.27. The summed E-state index contributed by atoms with van der Waals surface area (Å²) >= 11 is 0. The molecule has 1 rings (SSSR count). The molecule has 0 saturated heterocycles. The van der Waals surface area contributed by atoms with Crippen LogP contribution in [0.2, 0.25) is 0 Å². The minimum atomic E-state index is -5.12. The van der Waals surface area contributed by atoms with Crippen LogP contribution in [0.5, 0.6) is 0 Å².